The fourth-order valence-corrected chi connectivity index (χ4v) is 11.6. The number of aromatic nitrogens is 2. The molecule has 5 aliphatic rings. The maximum Gasteiger partial charge on any atom is 0.249 e. The molecule has 67 heavy (non-hydrogen) atoms. The van der Waals surface area contributed by atoms with Gasteiger partial charge in [0.15, 0.2) is 5.78 Å². The van der Waals surface area contributed by atoms with Crippen LogP contribution in [0.3, 0.4) is 0 Å². The molecule has 5 N–H and O–H groups in total. The molecule has 0 spiro atoms. The number of rotatable bonds is 15. The summed E-state index contributed by atoms with van der Waals surface area (Å²) in [6.07, 6.45) is 14.0. The van der Waals surface area contributed by atoms with E-state index < -0.39 is 6.04 Å². The largest absolute Gasteiger partial charge is 0.395 e. The summed E-state index contributed by atoms with van der Waals surface area (Å²) in [6, 6.07) is 20.1. The number of carbonyl (C=O) groups excluding carboxylic acids is 3. The molecular weight excluding hydrogens is 844 g/mol. The maximum absolute atomic E-state index is 15.3. The SMILES string of the molecule is CC1C=C(c2ccc(NCCO)nc2)c2cc([C@H](C)N3CCC(c4ccc(C(=O)CC5CCC(CN6CCC(c7ccc(NC8CCC(=O)NC8=O)cc7F)CC6)CC5)cc4)CC3)n(C)c2N1. The van der Waals surface area contributed by atoms with E-state index in [1.807, 2.05) is 24.4 Å². The Morgan fingerprint density at radius 3 is 2.31 bits per heavy atom. The number of fused-ring (bicyclic) bond motifs is 1. The van der Waals surface area contributed by atoms with Crippen LogP contribution in [0.1, 0.15) is 141 Å². The van der Waals surface area contributed by atoms with Crippen LogP contribution in [0.5, 0.6) is 0 Å². The van der Waals surface area contributed by atoms with Crippen molar-refractivity contribution in [2.75, 3.05) is 61.8 Å². The predicted octanol–water partition coefficient (Wildman–Crippen LogP) is 8.63. The minimum Gasteiger partial charge on any atom is -0.395 e. The van der Waals surface area contributed by atoms with Crippen molar-refractivity contribution in [3.8, 4) is 0 Å². The zero-order chi connectivity index (χ0) is 46.6. The summed E-state index contributed by atoms with van der Waals surface area (Å²) in [5.74, 6) is 3.04. The van der Waals surface area contributed by atoms with Crippen molar-refractivity contribution in [1.29, 1.82) is 0 Å². The predicted molar refractivity (Wildman–Crippen MR) is 263 cm³/mol. The van der Waals surface area contributed by atoms with Gasteiger partial charge >= 0.3 is 0 Å². The molecule has 1 saturated carbocycles. The Hall–Kier alpha value is -5.37. The zero-order valence-electron chi connectivity index (χ0n) is 39.5. The van der Waals surface area contributed by atoms with E-state index >= 15 is 4.39 Å². The van der Waals surface area contributed by atoms with Crippen LogP contribution in [0.15, 0.2) is 72.9 Å². The highest BCUT2D eigenvalue weighted by Gasteiger charge is 2.32. The number of ketones is 1. The van der Waals surface area contributed by atoms with E-state index in [0.717, 1.165) is 112 Å². The molecule has 2 aromatic heterocycles. The van der Waals surface area contributed by atoms with Gasteiger partial charge in [0.25, 0.3) is 0 Å². The number of imide groups is 1. The number of hydrogen-bond donors (Lipinski definition) is 5. The molecule has 12 nitrogen and oxygen atoms in total. The van der Waals surface area contributed by atoms with Gasteiger partial charge in [-0.2, -0.15) is 0 Å². The molecule has 2 unspecified atom stereocenters. The van der Waals surface area contributed by atoms with Crippen LogP contribution >= 0.6 is 0 Å². The summed E-state index contributed by atoms with van der Waals surface area (Å²) < 4.78 is 17.6. The Morgan fingerprint density at radius 2 is 1.63 bits per heavy atom. The minimum atomic E-state index is -0.531. The van der Waals surface area contributed by atoms with Crippen molar-refractivity contribution in [3.63, 3.8) is 0 Å². The molecule has 3 atom stereocenters. The number of halogens is 1. The zero-order valence-corrected chi connectivity index (χ0v) is 39.5. The van der Waals surface area contributed by atoms with Gasteiger partial charge in [-0.1, -0.05) is 36.4 Å². The van der Waals surface area contributed by atoms with Gasteiger partial charge in [0.1, 0.15) is 23.5 Å². The first-order valence-electron chi connectivity index (χ1n) is 25.0. The summed E-state index contributed by atoms with van der Waals surface area (Å²) in [6.45, 7) is 10.1. The average Bonchev–Trinajstić information content (AvgIpc) is 3.67. The fraction of sp³-hybridized carbons (Fsp3) is 0.519. The molecule has 3 saturated heterocycles. The highest BCUT2D eigenvalue weighted by atomic mass is 19.1. The number of pyridine rings is 1. The molecule has 4 aromatic rings. The summed E-state index contributed by atoms with van der Waals surface area (Å²) in [5, 5.41) is 21.5. The molecule has 0 radical (unpaired) electrons. The van der Waals surface area contributed by atoms with E-state index in [1.54, 1.807) is 0 Å². The lowest BCUT2D eigenvalue weighted by molar-refractivity contribution is -0.133. The third-order valence-electron chi connectivity index (χ3n) is 15.6. The number of nitrogens with zero attached hydrogens (tertiary/aromatic N) is 4. The lowest BCUT2D eigenvalue weighted by Gasteiger charge is -2.37. The topological polar surface area (TPSA) is 144 Å². The quantitative estimate of drug-likeness (QED) is 0.0581. The third kappa shape index (κ3) is 10.8. The van der Waals surface area contributed by atoms with Gasteiger partial charge in [0, 0.05) is 79.3 Å². The number of nitrogens with one attached hydrogen (secondary N) is 4. The number of Topliss-reactive ketones (excluding diaryl/α,β-unsaturated/α-hetero) is 1. The molecule has 6 heterocycles. The molecule has 4 fully saturated rings. The van der Waals surface area contributed by atoms with Crippen LogP contribution in [-0.2, 0) is 16.6 Å². The minimum absolute atomic E-state index is 0.0667. The summed E-state index contributed by atoms with van der Waals surface area (Å²) in [5.41, 5.74) is 8.25. The molecule has 13 heteroatoms. The number of benzene rings is 2. The monoisotopic (exact) mass is 913 g/mol. The maximum atomic E-state index is 15.3. The second-order valence-corrected chi connectivity index (χ2v) is 20.1. The molecular formula is C54H69FN8O4. The Morgan fingerprint density at radius 1 is 0.896 bits per heavy atom. The smallest absolute Gasteiger partial charge is 0.249 e. The molecule has 4 aliphatic heterocycles. The Bertz CT molecular complexity index is 2410. The van der Waals surface area contributed by atoms with Crippen molar-refractivity contribution in [3.05, 3.63) is 112 Å². The van der Waals surface area contributed by atoms with Crippen molar-refractivity contribution < 1.29 is 23.9 Å². The number of aliphatic hydroxyl groups excluding tert-OH is 1. The summed E-state index contributed by atoms with van der Waals surface area (Å²) >= 11 is 0. The molecule has 2 aromatic carbocycles. The van der Waals surface area contributed by atoms with Crippen LogP contribution in [0.4, 0.5) is 21.7 Å². The van der Waals surface area contributed by atoms with Crippen molar-refractivity contribution >= 4 is 40.5 Å². The van der Waals surface area contributed by atoms with E-state index in [-0.39, 0.29) is 54.4 Å². The average molecular weight is 913 g/mol. The standard InChI is InChI=1S/C54H69FN8O4/c1-34-28-45(42-12-16-51(57-32-42)56-22-27-64)46-31-49(61(3)53(46)58-34)35(2)63-25-20-39(21-26-63)38-8-10-41(11-9-38)50(65)29-36-4-6-37(7-5-36)33-62-23-18-40(19-24-62)44-14-13-43(30-47(44)55)59-48-15-17-52(66)60-54(48)67/h8-14,16,28,30-32,34-37,39-40,48,58-59,64H,4-7,15,17-27,29,33H2,1-3H3,(H,56,57)(H,60,66,67)/t34?,35-,36?,37?,48?/m0/s1. The number of carbonyl (C=O) groups is 3. The second kappa shape index (κ2) is 20.9. The molecule has 1 aliphatic carbocycles. The summed E-state index contributed by atoms with van der Waals surface area (Å²) in [7, 11) is 2.17. The summed E-state index contributed by atoms with van der Waals surface area (Å²) in [4.78, 5) is 46.9. The number of hydrogen-bond acceptors (Lipinski definition) is 10. The number of likely N-dealkylation sites (tertiary alicyclic amines) is 2. The Kier molecular flexibility index (Phi) is 14.6. The third-order valence-corrected chi connectivity index (χ3v) is 15.6. The number of amides is 2. The Balaban J connectivity index is 0.698. The van der Waals surface area contributed by atoms with Gasteiger partial charge in [-0.25, -0.2) is 9.37 Å². The lowest BCUT2D eigenvalue weighted by atomic mass is 9.78. The first-order valence-corrected chi connectivity index (χ1v) is 25.0. The highest BCUT2D eigenvalue weighted by molar-refractivity contribution is 6.01. The van der Waals surface area contributed by atoms with E-state index in [2.05, 4.69) is 104 Å². The highest BCUT2D eigenvalue weighted by Crippen LogP contribution is 2.41. The first-order chi connectivity index (χ1) is 32.5. The lowest BCUT2D eigenvalue weighted by Crippen LogP contribution is -2.47. The second-order valence-electron chi connectivity index (χ2n) is 20.1. The van der Waals surface area contributed by atoms with Gasteiger partial charge in [0.2, 0.25) is 11.8 Å². The van der Waals surface area contributed by atoms with E-state index in [4.69, 9.17) is 0 Å². The van der Waals surface area contributed by atoms with Crippen LogP contribution in [-0.4, -0.2) is 100 Å². The van der Waals surface area contributed by atoms with Gasteiger partial charge in [-0.15, -0.1) is 0 Å². The van der Waals surface area contributed by atoms with E-state index in [0.29, 0.717) is 42.8 Å². The van der Waals surface area contributed by atoms with Gasteiger partial charge in [0.05, 0.1) is 6.61 Å². The van der Waals surface area contributed by atoms with Crippen LogP contribution < -0.4 is 21.3 Å². The van der Waals surface area contributed by atoms with Gasteiger partial charge in [-0.05, 0) is 169 Å². The first kappa shape index (κ1) is 46.7. The number of anilines is 3. The van der Waals surface area contributed by atoms with E-state index in [1.165, 1.54) is 28.5 Å². The normalized spacial score (nSPS) is 23.7. The van der Waals surface area contributed by atoms with Crippen LogP contribution in [0.25, 0.3) is 5.57 Å². The van der Waals surface area contributed by atoms with Crippen molar-refractivity contribution in [1.82, 2.24) is 24.7 Å². The van der Waals surface area contributed by atoms with Crippen molar-refractivity contribution in [2.45, 2.75) is 114 Å². The fourth-order valence-electron chi connectivity index (χ4n) is 11.6. The van der Waals surface area contributed by atoms with E-state index in [9.17, 15) is 19.5 Å². The molecule has 0 bridgehead atoms. The van der Waals surface area contributed by atoms with Crippen LogP contribution in [0.2, 0.25) is 0 Å². The van der Waals surface area contributed by atoms with Gasteiger partial charge < -0.3 is 30.5 Å². The molecule has 2 amide bonds. The molecule has 356 valence electrons. The Labute approximate surface area is 395 Å². The molecule has 9 rings (SSSR count). The number of aliphatic hydroxyl groups is 1. The van der Waals surface area contributed by atoms with Crippen LogP contribution in [0, 0.1) is 17.7 Å². The number of piperidine rings is 3. The van der Waals surface area contributed by atoms with Crippen molar-refractivity contribution in [2.24, 2.45) is 18.9 Å². The van der Waals surface area contributed by atoms with Gasteiger partial charge in [-0.3, -0.25) is 24.6 Å².